The molecule has 0 bridgehead atoms. The van der Waals surface area contributed by atoms with Crippen molar-refractivity contribution in [2.24, 2.45) is 5.41 Å². The van der Waals surface area contributed by atoms with Gasteiger partial charge in [0.05, 0.1) is 0 Å². The van der Waals surface area contributed by atoms with E-state index in [2.05, 4.69) is 36.7 Å². The van der Waals surface area contributed by atoms with Crippen LogP contribution in [0.25, 0.3) is 0 Å². The number of likely N-dealkylation sites (tertiary alicyclic amines) is 2. The van der Waals surface area contributed by atoms with Crippen LogP contribution in [0.2, 0.25) is 0 Å². The number of hydrogen-bond acceptors (Lipinski definition) is 3. The Morgan fingerprint density at radius 2 is 1.93 bits per heavy atom. The normalized spacial score (nSPS) is 23.6. The van der Waals surface area contributed by atoms with Crippen molar-refractivity contribution in [2.45, 2.75) is 65.3 Å². The minimum absolute atomic E-state index is 0.0670. The Hall–Kier alpha value is -2.17. The lowest BCUT2D eigenvalue weighted by molar-refractivity contribution is -0.141. The van der Waals surface area contributed by atoms with E-state index < -0.39 is 0 Å². The molecule has 2 aliphatic rings. The van der Waals surface area contributed by atoms with Gasteiger partial charge >= 0.3 is 0 Å². The number of piperidine rings is 2. The topological polar surface area (TPSA) is 53.5 Å². The molecular formula is C23H33N3O2. The van der Waals surface area contributed by atoms with Crippen molar-refractivity contribution < 1.29 is 9.59 Å². The van der Waals surface area contributed by atoms with Crippen LogP contribution < -0.4 is 0 Å². The number of amides is 2. The summed E-state index contributed by atoms with van der Waals surface area (Å²) >= 11 is 0. The summed E-state index contributed by atoms with van der Waals surface area (Å²) in [5, 5.41) is 0. The van der Waals surface area contributed by atoms with E-state index in [0.717, 1.165) is 38.6 Å². The summed E-state index contributed by atoms with van der Waals surface area (Å²) < 4.78 is 0. The molecule has 0 spiro atoms. The van der Waals surface area contributed by atoms with Gasteiger partial charge in [0.15, 0.2) is 0 Å². The van der Waals surface area contributed by atoms with E-state index in [1.165, 1.54) is 5.57 Å². The van der Waals surface area contributed by atoms with Gasteiger partial charge < -0.3 is 9.80 Å². The maximum Gasteiger partial charge on any atom is 0.253 e. The lowest BCUT2D eigenvalue weighted by Crippen LogP contribution is -2.54. The zero-order valence-corrected chi connectivity index (χ0v) is 17.5. The highest BCUT2D eigenvalue weighted by atomic mass is 16.2. The van der Waals surface area contributed by atoms with Crippen molar-refractivity contribution in [1.82, 2.24) is 14.8 Å². The Bertz CT molecular complexity index is 719. The van der Waals surface area contributed by atoms with Gasteiger partial charge in [-0.15, -0.1) is 0 Å². The molecule has 1 aromatic rings. The third-order valence-electron chi connectivity index (χ3n) is 6.24. The molecule has 152 valence electrons. The van der Waals surface area contributed by atoms with Crippen LogP contribution in [0.15, 0.2) is 36.2 Å². The SMILES string of the molecule is CC(C)=CCC[C@]1(C)CCC(=O)N(C2CCN(C(=O)c3ccncc3)CC2)C1. The van der Waals surface area contributed by atoms with Crippen LogP contribution in [0, 0.1) is 5.41 Å². The van der Waals surface area contributed by atoms with Gasteiger partial charge in [-0.25, -0.2) is 0 Å². The average molecular weight is 384 g/mol. The van der Waals surface area contributed by atoms with Crippen molar-refractivity contribution in [3.8, 4) is 0 Å². The number of carbonyl (C=O) groups excluding carboxylic acids is 2. The van der Waals surface area contributed by atoms with Crippen molar-refractivity contribution in [3.05, 3.63) is 41.7 Å². The summed E-state index contributed by atoms with van der Waals surface area (Å²) in [6, 6.07) is 3.79. The van der Waals surface area contributed by atoms with Crippen LogP contribution in [0.5, 0.6) is 0 Å². The van der Waals surface area contributed by atoms with Gasteiger partial charge in [0.1, 0.15) is 0 Å². The monoisotopic (exact) mass is 383 g/mol. The predicted octanol–water partition coefficient (Wildman–Crippen LogP) is 4.06. The van der Waals surface area contributed by atoms with Gasteiger partial charge in [0.2, 0.25) is 5.91 Å². The number of hydrogen-bond donors (Lipinski definition) is 0. The first-order valence-corrected chi connectivity index (χ1v) is 10.5. The fourth-order valence-electron chi connectivity index (χ4n) is 4.43. The summed E-state index contributed by atoms with van der Waals surface area (Å²) in [4.78, 5) is 33.3. The van der Waals surface area contributed by atoms with Crippen LogP contribution in [0.3, 0.4) is 0 Å². The number of pyridine rings is 1. The molecule has 0 aliphatic carbocycles. The highest BCUT2D eigenvalue weighted by Gasteiger charge is 2.38. The van der Waals surface area contributed by atoms with Gasteiger partial charge in [0.25, 0.3) is 5.91 Å². The molecule has 0 radical (unpaired) electrons. The second-order valence-corrected chi connectivity index (χ2v) is 8.91. The molecule has 2 saturated heterocycles. The van der Waals surface area contributed by atoms with Gasteiger partial charge in [0, 0.05) is 50.1 Å². The molecule has 2 aliphatic heterocycles. The van der Waals surface area contributed by atoms with Gasteiger partial charge in [-0.3, -0.25) is 14.6 Å². The molecule has 0 unspecified atom stereocenters. The maximum atomic E-state index is 12.6. The van der Waals surface area contributed by atoms with Gasteiger partial charge in [-0.1, -0.05) is 18.6 Å². The summed E-state index contributed by atoms with van der Waals surface area (Å²) in [5.74, 6) is 0.357. The molecule has 2 fully saturated rings. The van der Waals surface area contributed by atoms with Crippen LogP contribution >= 0.6 is 0 Å². The van der Waals surface area contributed by atoms with Crippen LogP contribution in [-0.4, -0.2) is 52.3 Å². The third kappa shape index (κ3) is 5.00. The van der Waals surface area contributed by atoms with Crippen LogP contribution in [0.1, 0.15) is 69.7 Å². The fraction of sp³-hybridized carbons (Fsp3) is 0.609. The molecule has 28 heavy (non-hydrogen) atoms. The lowest BCUT2D eigenvalue weighted by Gasteiger charge is -2.46. The van der Waals surface area contributed by atoms with Crippen LogP contribution in [0.4, 0.5) is 0 Å². The molecule has 3 heterocycles. The summed E-state index contributed by atoms with van der Waals surface area (Å²) in [6.45, 7) is 8.88. The summed E-state index contributed by atoms with van der Waals surface area (Å²) in [6.07, 6.45) is 11.2. The Morgan fingerprint density at radius 1 is 1.25 bits per heavy atom. The van der Waals surface area contributed by atoms with Crippen LogP contribution in [-0.2, 0) is 4.79 Å². The highest BCUT2D eigenvalue weighted by Crippen LogP contribution is 2.37. The molecular weight excluding hydrogens is 350 g/mol. The quantitative estimate of drug-likeness (QED) is 0.721. The number of nitrogens with zero attached hydrogens (tertiary/aromatic N) is 3. The number of carbonyl (C=O) groups is 2. The van der Waals surface area contributed by atoms with Gasteiger partial charge in [-0.2, -0.15) is 0 Å². The molecule has 0 saturated carbocycles. The Kier molecular flexibility index (Phi) is 6.53. The minimum Gasteiger partial charge on any atom is -0.339 e. The maximum absolute atomic E-state index is 12.6. The first-order chi connectivity index (χ1) is 13.4. The van der Waals surface area contributed by atoms with Crippen molar-refractivity contribution >= 4 is 11.8 Å². The van der Waals surface area contributed by atoms with E-state index in [-0.39, 0.29) is 17.4 Å². The van der Waals surface area contributed by atoms with Crippen molar-refractivity contribution in [2.75, 3.05) is 19.6 Å². The average Bonchev–Trinajstić information content (AvgIpc) is 2.70. The molecule has 5 heteroatoms. The van der Waals surface area contributed by atoms with Gasteiger partial charge in [-0.05, 0) is 63.5 Å². The number of allylic oxidation sites excluding steroid dienone is 2. The molecule has 2 amide bonds. The van der Waals surface area contributed by atoms with E-state index in [0.29, 0.717) is 31.0 Å². The smallest absolute Gasteiger partial charge is 0.253 e. The van der Waals surface area contributed by atoms with E-state index >= 15 is 0 Å². The molecule has 1 aromatic heterocycles. The standard InChI is InChI=1S/C23H33N3O2/c1-18(2)5-4-11-23(3)12-6-21(27)26(17-23)20-9-15-25(16-10-20)22(28)19-7-13-24-14-8-19/h5,7-8,13-14,20H,4,6,9-12,15-17H2,1-3H3/t23-/m1/s1. The Balaban J connectivity index is 1.57. The lowest BCUT2D eigenvalue weighted by atomic mass is 9.77. The second-order valence-electron chi connectivity index (χ2n) is 8.91. The van der Waals surface area contributed by atoms with E-state index in [1.807, 2.05) is 4.90 Å². The van der Waals surface area contributed by atoms with E-state index in [4.69, 9.17) is 0 Å². The third-order valence-corrected chi connectivity index (χ3v) is 6.24. The minimum atomic E-state index is 0.0670. The number of aromatic nitrogens is 1. The second kappa shape index (κ2) is 8.89. The Morgan fingerprint density at radius 3 is 2.57 bits per heavy atom. The first kappa shape index (κ1) is 20.6. The molecule has 3 rings (SSSR count). The first-order valence-electron chi connectivity index (χ1n) is 10.5. The summed E-state index contributed by atoms with van der Waals surface area (Å²) in [7, 11) is 0. The zero-order chi connectivity index (χ0) is 20.1. The molecule has 0 N–H and O–H groups in total. The molecule has 1 atom stereocenters. The number of rotatable bonds is 5. The largest absolute Gasteiger partial charge is 0.339 e. The molecule has 5 nitrogen and oxygen atoms in total. The van der Waals surface area contributed by atoms with E-state index in [1.54, 1.807) is 24.5 Å². The van der Waals surface area contributed by atoms with Crippen molar-refractivity contribution in [3.63, 3.8) is 0 Å². The Labute approximate surface area is 168 Å². The van der Waals surface area contributed by atoms with Crippen molar-refractivity contribution in [1.29, 1.82) is 0 Å². The van der Waals surface area contributed by atoms with E-state index in [9.17, 15) is 9.59 Å². The highest BCUT2D eigenvalue weighted by molar-refractivity contribution is 5.94. The molecule has 0 aromatic carbocycles. The zero-order valence-electron chi connectivity index (χ0n) is 17.5. The summed E-state index contributed by atoms with van der Waals surface area (Å²) in [5.41, 5.74) is 2.25. The predicted molar refractivity (Wildman–Crippen MR) is 111 cm³/mol. The fourth-order valence-corrected chi connectivity index (χ4v) is 4.43.